The van der Waals surface area contributed by atoms with Crippen molar-refractivity contribution in [1.82, 2.24) is 10.1 Å². The van der Waals surface area contributed by atoms with Crippen molar-refractivity contribution < 1.29 is 9.63 Å². The Bertz CT molecular complexity index is 561. The van der Waals surface area contributed by atoms with E-state index in [-0.39, 0.29) is 5.75 Å². The number of hydrogen-bond donors (Lipinski definition) is 2. The van der Waals surface area contributed by atoms with Crippen LogP contribution in [0.15, 0.2) is 22.7 Å². The van der Waals surface area contributed by atoms with E-state index in [1.54, 1.807) is 24.3 Å². The molecule has 2 aromatic rings. The summed E-state index contributed by atoms with van der Waals surface area (Å²) in [5.41, 5.74) is 6.81. The van der Waals surface area contributed by atoms with Gasteiger partial charge in [-0.25, -0.2) is 0 Å². The molecule has 0 aliphatic carbocycles. The topological polar surface area (TPSA) is 85.2 Å². The summed E-state index contributed by atoms with van der Waals surface area (Å²) in [6, 6.07) is 4.99. The number of aromatic nitrogens is 2. The number of nitrogens with zero attached hydrogens (tertiary/aromatic N) is 2. The van der Waals surface area contributed by atoms with Crippen molar-refractivity contribution >= 4 is 17.8 Å². The Hall–Kier alpha value is -2.30. The van der Waals surface area contributed by atoms with Crippen LogP contribution in [0.4, 0.5) is 5.69 Å². The molecule has 0 saturated heterocycles. The maximum absolute atomic E-state index is 9.30. The van der Waals surface area contributed by atoms with E-state index < -0.39 is 0 Å². The summed E-state index contributed by atoms with van der Waals surface area (Å²) in [4.78, 5) is 4.21. The molecule has 0 aliphatic rings. The fourth-order valence-electron chi connectivity index (χ4n) is 1.50. The van der Waals surface area contributed by atoms with Crippen LogP contribution in [-0.4, -0.2) is 15.2 Å². The molecular weight excluding hydrogens is 230 g/mol. The second-order valence-electron chi connectivity index (χ2n) is 3.95. The molecule has 2 rings (SSSR count). The summed E-state index contributed by atoms with van der Waals surface area (Å²) in [5.74, 6) is 1.25. The van der Waals surface area contributed by atoms with Gasteiger partial charge in [0.05, 0.1) is 5.69 Å². The maximum atomic E-state index is 9.30. The molecule has 0 fully saturated rings. The van der Waals surface area contributed by atoms with Crippen LogP contribution in [0, 0.1) is 0 Å². The smallest absolute Gasteiger partial charge is 0.226 e. The summed E-state index contributed by atoms with van der Waals surface area (Å²) >= 11 is 0. The fraction of sp³-hybridized carbons (Fsp3) is 0.231. The fourth-order valence-corrected chi connectivity index (χ4v) is 1.50. The highest BCUT2D eigenvalue weighted by molar-refractivity contribution is 5.70. The molecule has 5 nitrogen and oxygen atoms in total. The molecular formula is C13H15N3O2. The molecule has 0 unspecified atom stereocenters. The molecule has 0 saturated carbocycles. The SMILES string of the molecule is CCCc1nc(C=Cc2ccc(O)c(N)c2)no1. The molecule has 0 bridgehead atoms. The standard InChI is InChI=1S/C13H15N3O2/c1-2-3-13-15-12(16-18-13)7-5-9-4-6-11(17)10(14)8-9/h4-8,17H,2-3,14H2,1H3. The minimum atomic E-state index is 0.0805. The predicted molar refractivity (Wildman–Crippen MR) is 69.7 cm³/mol. The van der Waals surface area contributed by atoms with Gasteiger partial charge in [-0.2, -0.15) is 4.98 Å². The number of benzene rings is 1. The van der Waals surface area contributed by atoms with Crippen LogP contribution < -0.4 is 5.73 Å². The first-order valence-electron chi connectivity index (χ1n) is 5.78. The third-order valence-electron chi connectivity index (χ3n) is 2.42. The Labute approximate surface area is 105 Å². The van der Waals surface area contributed by atoms with Crippen molar-refractivity contribution in [3.63, 3.8) is 0 Å². The number of anilines is 1. The van der Waals surface area contributed by atoms with Crippen molar-refractivity contribution in [2.24, 2.45) is 0 Å². The van der Waals surface area contributed by atoms with Crippen molar-refractivity contribution in [1.29, 1.82) is 0 Å². The van der Waals surface area contributed by atoms with E-state index >= 15 is 0 Å². The number of rotatable bonds is 4. The van der Waals surface area contributed by atoms with E-state index in [9.17, 15) is 5.11 Å². The molecule has 0 atom stereocenters. The van der Waals surface area contributed by atoms with Crippen LogP contribution in [0.5, 0.6) is 5.75 Å². The molecule has 0 amide bonds. The van der Waals surface area contributed by atoms with Gasteiger partial charge >= 0.3 is 0 Å². The van der Waals surface area contributed by atoms with Crippen molar-refractivity contribution in [2.75, 3.05) is 5.73 Å². The molecule has 18 heavy (non-hydrogen) atoms. The Kier molecular flexibility index (Phi) is 3.62. The van der Waals surface area contributed by atoms with Crippen LogP contribution >= 0.6 is 0 Å². The third-order valence-corrected chi connectivity index (χ3v) is 2.42. The zero-order chi connectivity index (χ0) is 13.0. The van der Waals surface area contributed by atoms with Gasteiger partial charge in [0.15, 0.2) is 5.82 Å². The molecule has 1 aromatic carbocycles. The van der Waals surface area contributed by atoms with E-state index in [1.807, 2.05) is 6.08 Å². The Morgan fingerprint density at radius 3 is 2.94 bits per heavy atom. The minimum absolute atomic E-state index is 0.0805. The van der Waals surface area contributed by atoms with Crippen molar-refractivity contribution in [3.8, 4) is 5.75 Å². The van der Waals surface area contributed by atoms with E-state index in [1.165, 1.54) is 0 Å². The first kappa shape index (κ1) is 12.2. The number of phenolic OH excluding ortho intramolecular Hbond substituents is 1. The zero-order valence-electron chi connectivity index (χ0n) is 10.1. The number of hydrogen-bond acceptors (Lipinski definition) is 5. The molecule has 5 heteroatoms. The zero-order valence-corrected chi connectivity index (χ0v) is 10.1. The largest absolute Gasteiger partial charge is 0.506 e. The van der Waals surface area contributed by atoms with Gasteiger partial charge in [-0.15, -0.1) is 0 Å². The van der Waals surface area contributed by atoms with Gasteiger partial charge in [0.2, 0.25) is 5.89 Å². The third kappa shape index (κ3) is 2.88. The Balaban J connectivity index is 2.11. The van der Waals surface area contributed by atoms with E-state index in [2.05, 4.69) is 17.1 Å². The first-order valence-corrected chi connectivity index (χ1v) is 5.78. The summed E-state index contributed by atoms with van der Waals surface area (Å²) in [5, 5.41) is 13.1. The molecule has 94 valence electrons. The molecule has 0 spiro atoms. The summed E-state index contributed by atoms with van der Waals surface area (Å²) in [6.45, 7) is 2.05. The summed E-state index contributed by atoms with van der Waals surface area (Å²) < 4.78 is 5.06. The molecule has 1 heterocycles. The number of phenols is 1. The van der Waals surface area contributed by atoms with Gasteiger partial charge in [0.25, 0.3) is 0 Å². The maximum Gasteiger partial charge on any atom is 0.226 e. The highest BCUT2D eigenvalue weighted by Crippen LogP contribution is 2.21. The van der Waals surface area contributed by atoms with Crippen LogP contribution in [0.2, 0.25) is 0 Å². The number of aromatic hydroxyl groups is 1. The molecule has 1 aromatic heterocycles. The van der Waals surface area contributed by atoms with E-state index in [0.29, 0.717) is 17.4 Å². The van der Waals surface area contributed by atoms with Crippen LogP contribution in [0.3, 0.4) is 0 Å². The normalized spacial score (nSPS) is 11.2. The van der Waals surface area contributed by atoms with Gasteiger partial charge in [0.1, 0.15) is 5.75 Å². The van der Waals surface area contributed by atoms with Crippen molar-refractivity contribution in [2.45, 2.75) is 19.8 Å². The summed E-state index contributed by atoms with van der Waals surface area (Å²) in [7, 11) is 0. The Morgan fingerprint density at radius 2 is 2.22 bits per heavy atom. The number of nitrogen functional groups attached to an aromatic ring is 1. The lowest BCUT2D eigenvalue weighted by Crippen LogP contribution is -1.86. The van der Waals surface area contributed by atoms with Gasteiger partial charge < -0.3 is 15.4 Å². The lowest BCUT2D eigenvalue weighted by Gasteiger charge is -1.98. The van der Waals surface area contributed by atoms with Gasteiger partial charge in [-0.05, 0) is 30.2 Å². The molecule has 0 aliphatic heterocycles. The second kappa shape index (κ2) is 5.35. The van der Waals surface area contributed by atoms with E-state index in [4.69, 9.17) is 10.3 Å². The van der Waals surface area contributed by atoms with Crippen LogP contribution in [-0.2, 0) is 6.42 Å². The quantitative estimate of drug-likeness (QED) is 0.638. The summed E-state index contributed by atoms with van der Waals surface area (Å²) in [6.07, 6.45) is 5.32. The minimum Gasteiger partial charge on any atom is -0.506 e. The van der Waals surface area contributed by atoms with E-state index in [0.717, 1.165) is 18.4 Å². The van der Waals surface area contributed by atoms with Crippen LogP contribution in [0.1, 0.15) is 30.6 Å². The van der Waals surface area contributed by atoms with Crippen molar-refractivity contribution in [3.05, 3.63) is 35.5 Å². The average Bonchev–Trinajstić information content (AvgIpc) is 2.79. The highest BCUT2D eigenvalue weighted by atomic mass is 16.5. The lowest BCUT2D eigenvalue weighted by molar-refractivity contribution is 0.375. The van der Waals surface area contributed by atoms with Gasteiger partial charge in [-0.1, -0.05) is 24.2 Å². The first-order chi connectivity index (χ1) is 8.69. The lowest BCUT2D eigenvalue weighted by atomic mass is 10.2. The van der Waals surface area contributed by atoms with Crippen LogP contribution in [0.25, 0.3) is 12.2 Å². The number of nitrogens with two attached hydrogens (primary N) is 1. The Morgan fingerprint density at radius 1 is 1.39 bits per heavy atom. The molecule has 0 radical (unpaired) electrons. The highest BCUT2D eigenvalue weighted by Gasteiger charge is 2.02. The monoisotopic (exact) mass is 245 g/mol. The molecule has 3 N–H and O–H groups in total. The van der Waals surface area contributed by atoms with Gasteiger partial charge in [0, 0.05) is 6.42 Å². The second-order valence-corrected chi connectivity index (χ2v) is 3.95. The number of aryl methyl sites for hydroxylation is 1. The van der Waals surface area contributed by atoms with Gasteiger partial charge in [-0.3, -0.25) is 0 Å². The predicted octanol–water partition coefficient (Wildman–Crippen LogP) is 2.48. The average molecular weight is 245 g/mol.